The molecule has 314 valence electrons. The van der Waals surface area contributed by atoms with Crippen molar-refractivity contribution in [3.05, 3.63) is 243 Å². The Kier molecular flexibility index (Phi) is 23.6. The van der Waals surface area contributed by atoms with E-state index in [0.717, 1.165) is 12.6 Å². The van der Waals surface area contributed by atoms with Gasteiger partial charge < -0.3 is 0 Å². The van der Waals surface area contributed by atoms with E-state index in [4.69, 9.17) is 21.6 Å². The minimum Gasteiger partial charge on any atom is -0.240 e. The van der Waals surface area contributed by atoms with E-state index in [2.05, 4.69) is 255 Å². The Morgan fingerprint density at radius 2 is 0.413 bits per heavy atom. The number of nitrogens with zero attached hydrogens (tertiary/aromatic N) is 5. The largest absolute Gasteiger partial charge is 0.240 e. The van der Waals surface area contributed by atoms with E-state index < -0.39 is 31.7 Å². The van der Waals surface area contributed by atoms with Crippen molar-refractivity contribution in [3.63, 3.8) is 0 Å². The molecule has 0 unspecified atom stereocenters. The number of hydrogen-bond acceptors (Lipinski definition) is 5. The van der Waals surface area contributed by atoms with Gasteiger partial charge in [0.05, 0.1) is 74.1 Å². The minimum atomic E-state index is -0.865. The average Bonchev–Trinajstić information content (AvgIpc) is 3.37. The third-order valence-corrected chi connectivity index (χ3v) is 22.4. The van der Waals surface area contributed by atoms with Gasteiger partial charge in [-0.2, -0.15) is 0 Å². The van der Waals surface area contributed by atoms with E-state index >= 15 is 0 Å². The van der Waals surface area contributed by atoms with E-state index in [1.54, 1.807) is 0 Å². The third-order valence-electron chi connectivity index (χ3n) is 10.5. The van der Waals surface area contributed by atoms with Crippen molar-refractivity contribution >= 4 is 74.1 Å². The molecule has 0 aromatic heterocycles. The molecule has 0 N–H and O–H groups in total. The van der Waals surface area contributed by atoms with E-state index in [0.29, 0.717) is 0 Å². The van der Waals surface area contributed by atoms with Crippen LogP contribution in [0.4, 0.5) is 0 Å². The van der Waals surface area contributed by atoms with Gasteiger partial charge in [0, 0.05) is 42.6 Å². The summed E-state index contributed by atoms with van der Waals surface area (Å²) in [6.45, 7) is 0. The van der Waals surface area contributed by atoms with Gasteiger partial charge >= 0.3 is 0 Å². The van der Waals surface area contributed by atoms with Crippen LogP contribution in [-0.2, 0) is 21.1 Å². The Labute approximate surface area is 393 Å². The van der Waals surface area contributed by atoms with Crippen molar-refractivity contribution in [3.8, 4) is 0 Å². The second kappa shape index (κ2) is 29.4. The van der Waals surface area contributed by atoms with E-state index in [1.807, 2.05) is 0 Å². The SMILES string of the molecule is CN(C[PH+](c1ccccc1)c1ccccc1)C[PH+](c1ccccc1)c1ccccc1.N#N.N#N.[W].c1ccc([PH+](CC[PH+](c2ccccc2)c2ccccc2)c2ccccc2)cc1. The van der Waals surface area contributed by atoms with Crippen LogP contribution in [0.25, 0.3) is 0 Å². The fourth-order valence-corrected chi connectivity index (χ4v) is 19.1. The van der Waals surface area contributed by atoms with Crippen LogP contribution in [0.5, 0.6) is 0 Å². The van der Waals surface area contributed by atoms with Crippen LogP contribution in [-0.4, -0.2) is 36.8 Å². The van der Waals surface area contributed by atoms with Crippen LogP contribution >= 0.6 is 31.7 Å². The van der Waals surface area contributed by atoms with Gasteiger partial charge in [0.1, 0.15) is 24.9 Å². The normalized spacial score (nSPS) is 10.4. The molecule has 0 spiro atoms. The van der Waals surface area contributed by atoms with Crippen LogP contribution < -0.4 is 42.4 Å². The number of benzene rings is 8. The van der Waals surface area contributed by atoms with Crippen molar-refractivity contribution < 1.29 is 21.1 Å². The Balaban J connectivity index is 0.000000253. The molecule has 0 aliphatic rings. The molecular formula is C53H55N5P4W+4. The van der Waals surface area contributed by atoms with Gasteiger partial charge in [-0.25, -0.2) is 4.90 Å². The molecule has 0 bridgehead atoms. The van der Waals surface area contributed by atoms with Crippen LogP contribution in [0.1, 0.15) is 0 Å². The van der Waals surface area contributed by atoms with Crippen LogP contribution in [0.15, 0.2) is 243 Å². The molecule has 10 heteroatoms. The van der Waals surface area contributed by atoms with Crippen molar-refractivity contribution in [1.82, 2.24) is 4.90 Å². The summed E-state index contributed by atoms with van der Waals surface area (Å²) >= 11 is 0. The minimum absolute atomic E-state index is 0. The van der Waals surface area contributed by atoms with Crippen LogP contribution in [0.3, 0.4) is 0 Å². The third kappa shape index (κ3) is 15.9. The Bertz CT molecular complexity index is 2090. The van der Waals surface area contributed by atoms with Crippen LogP contribution in [0, 0.1) is 21.6 Å². The zero-order valence-corrected chi connectivity index (χ0v) is 42.5. The maximum atomic E-state index is 6.00. The molecule has 5 nitrogen and oxygen atoms in total. The summed E-state index contributed by atoms with van der Waals surface area (Å²) in [6.07, 6.45) is 4.73. The van der Waals surface area contributed by atoms with Gasteiger partial charge in [-0.15, -0.1) is 0 Å². The number of rotatable bonds is 15. The molecule has 0 saturated heterocycles. The molecule has 8 rings (SSSR count). The second-order valence-electron chi connectivity index (χ2n) is 14.5. The zero-order chi connectivity index (χ0) is 43.6. The predicted molar refractivity (Wildman–Crippen MR) is 276 cm³/mol. The molecule has 0 aliphatic carbocycles. The Morgan fingerprint density at radius 1 is 0.270 bits per heavy atom. The summed E-state index contributed by atoms with van der Waals surface area (Å²) in [5.41, 5.74) is 0. The van der Waals surface area contributed by atoms with Gasteiger partial charge in [-0.05, 0) is 104 Å². The summed E-state index contributed by atoms with van der Waals surface area (Å²) in [4.78, 5) is 2.57. The Hall–Kier alpha value is -5.03. The molecule has 0 saturated carbocycles. The first-order valence-electron chi connectivity index (χ1n) is 20.7. The predicted octanol–water partition coefficient (Wildman–Crippen LogP) is 9.34. The molecule has 0 fully saturated rings. The summed E-state index contributed by atoms with van der Waals surface area (Å²) in [7, 11) is -0.997. The maximum absolute atomic E-state index is 6.00. The monoisotopic (exact) mass is 1070 g/mol. The van der Waals surface area contributed by atoms with E-state index in [9.17, 15) is 0 Å². The molecule has 8 aromatic carbocycles. The first kappa shape index (κ1) is 50.6. The molecule has 0 amide bonds. The first-order valence-corrected chi connectivity index (χ1v) is 27.5. The zero-order valence-electron chi connectivity index (χ0n) is 35.6. The van der Waals surface area contributed by atoms with Gasteiger partial charge in [0.15, 0.2) is 0 Å². The van der Waals surface area contributed by atoms with Crippen molar-refractivity contribution in [2.75, 3.05) is 31.9 Å². The molecular weight excluding hydrogens is 1010 g/mol. The van der Waals surface area contributed by atoms with Gasteiger partial charge in [-0.3, -0.25) is 0 Å². The second-order valence-corrected chi connectivity index (χ2v) is 24.6. The summed E-state index contributed by atoms with van der Waals surface area (Å²) in [6, 6.07) is 88.8. The molecule has 8 aromatic rings. The quantitative estimate of drug-likeness (QED) is 0.0754. The standard InChI is InChI=1S/C27H27NP2.C26H24P2.2N2.W/c1-28(22-29(24-14-6-2-7-15-24)25-16-8-3-9-17-25)23-30(26-18-10-4-11-19-26)27-20-12-5-13-21-27;1-5-13-23(14-6-1)27(24-15-7-2-8-16-24)21-22-28(25-17-9-3-10-18-25)26-19-11-4-12-20-26;2*1-2;/h2-21H,22-23H2,1H3;1-20H,21-22H2;;;/p+4. The Morgan fingerprint density at radius 3 is 0.571 bits per heavy atom. The average molecular weight is 1070 g/mol. The molecule has 0 radical (unpaired) electrons. The smallest absolute Gasteiger partial charge is 0.121 e. The topological polar surface area (TPSA) is 98.4 Å². The van der Waals surface area contributed by atoms with Crippen LogP contribution in [0.2, 0.25) is 0 Å². The maximum Gasteiger partial charge on any atom is 0.121 e. The number of hydrogen-bond donors (Lipinski definition) is 0. The summed E-state index contributed by atoms with van der Waals surface area (Å²) in [5, 5.41) is 36.0. The molecule has 0 aliphatic heterocycles. The van der Waals surface area contributed by atoms with Gasteiger partial charge in [0.2, 0.25) is 0 Å². The van der Waals surface area contributed by atoms with Crippen molar-refractivity contribution in [2.45, 2.75) is 0 Å². The van der Waals surface area contributed by atoms with Crippen molar-refractivity contribution in [1.29, 1.82) is 21.6 Å². The van der Waals surface area contributed by atoms with E-state index in [-0.39, 0.29) is 21.1 Å². The molecule has 0 heterocycles. The molecule has 0 atom stereocenters. The summed E-state index contributed by atoms with van der Waals surface area (Å²) in [5.74, 6) is 0. The fraction of sp³-hybridized carbons (Fsp3) is 0.0943. The van der Waals surface area contributed by atoms with E-state index in [1.165, 1.54) is 54.8 Å². The van der Waals surface area contributed by atoms with Crippen molar-refractivity contribution in [2.24, 2.45) is 0 Å². The fourth-order valence-electron chi connectivity index (χ4n) is 7.57. The molecule has 63 heavy (non-hydrogen) atoms. The van der Waals surface area contributed by atoms with Gasteiger partial charge in [0.25, 0.3) is 0 Å². The first-order chi connectivity index (χ1) is 30.7. The summed E-state index contributed by atoms with van der Waals surface area (Å²) < 4.78 is 0. The van der Waals surface area contributed by atoms with Gasteiger partial charge in [-0.1, -0.05) is 146 Å².